The summed E-state index contributed by atoms with van der Waals surface area (Å²) in [6.07, 6.45) is 0.240. The van der Waals surface area contributed by atoms with Gasteiger partial charge < -0.3 is 10.2 Å². The fourth-order valence-corrected chi connectivity index (χ4v) is 2.36. The molecule has 0 radical (unpaired) electrons. The molecular formula is C12H14FNO3. The summed E-state index contributed by atoms with van der Waals surface area (Å²) in [4.78, 5) is 12.4. The Kier molecular flexibility index (Phi) is 3.28. The molecule has 0 aromatic heterocycles. The van der Waals surface area contributed by atoms with E-state index in [1.165, 1.54) is 17.0 Å². The molecule has 5 heteroatoms. The predicted molar refractivity (Wildman–Crippen MR) is 59.1 cm³/mol. The number of amides is 1. The van der Waals surface area contributed by atoms with Gasteiger partial charge in [-0.05, 0) is 30.5 Å². The molecule has 1 aliphatic heterocycles. The maximum Gasteiger partial charge on any atom is 0.408 e. The number of hydrogen-bond acceptors (Lipinski definition) is 2. The van der Waals surface area contributed by atoms with Crippen LogP contribution in [0.3, 0.4) is 0 Å². The molecule has 1 saturated heterocycles. The minimum Gasteiger partial charge on any atom is -0.465 e. The Morgan fingerprint density at radius 3 is 2.53 bits per heavy atom. The zero-order chi connectivity index (χ0) is 12.4. The molecule has 0 bridgehead atoms. The summed E-state index contributed by atoms with van der Waals surface area (Å²) >= 11 is 0. The molecule has 0 unspecified atom stereocenters. The van der Waals surface area contributed by atoms with Crippen LogP contribution in [0.1, 0.15) is 24.4 Å². The van der Waals surface area contributed by atoms with E-state index in [0.717, 1.165) is 5.56 Å². The van der Waals surface area contributed by atoms with Crippen LogP contribution in [0.5, 0.6) is 0 Å². The molecule has 1 aromatic rings. The second-order valence-corrected chi connectivity index (χ2v) is 4.17. The molecule has 1 fully saturated rings. The van der Waals surface area contributed by atoms with Crippen molar-refractivity contribution in [2.24, 2.45) is 0 Å². The van der Waals surface area contributed by atoms with Crippen LogP contribution in [0.25, 0.3) is 0 Å². The van der Waals surface area contributed by atoms with Gasteiger partial charge in [0.05, 0.1) is 18.7 Å². The number of rotatable bonds is 2. The van der Waals surface area contributed by atoms with E-state index in [-0.39, 0.29) is 24.5 Å². The molecule has 2 atom stereocenters. The Morgan fingerprint density at radius 1 is 1.35 bits per heavy atom. The largest absolute Gasteiger partial charge is 0.465 e. The van der Waals surface area contributed by atoms with E-state index in [9.17, 15) is 9.18 Å². The van der Waals surface area contributed by atoms with Crippen molar-refractivity contribution in [2.45, 2.75) is 24.9 Å². The van der Waals surface area contributed by atoms with Gasteiger partial charge in [-0.25, -0.2) is 9.18 Å². The van der Waals surface area contributed by atoms with E-state index in [2.05, 4.69) is 0 Å². The lowest BCUT2D eigenvalue weighted by Crippen LogP contribution is -2.38. The number of hydrogen-bond donors (Lipinski definition) is 2. The highest BCUT2D eigenvalue weighted by atomic mass is 19.1. The number of likely N-dealkylation sites (tertiary alicyclic amines) is 1. The Morgan fingerprint density at radius 2 is 2.00 bits per heavy atom. The third-order valence-electron chi connectivity index (χ3n) is 3.19. The zero-order valence-electron chi connectivity index (χ0n) is 9.21. The van der Waals surface area contributed by atoms with Gasteiger partial charge in [0.2, 0.25) is 0 Å². The van der Waals surface area contributed by atoms with Gasteiger partial charge in [0.1, 0.15) is 5.82 Å². The fraction of sp³-hybridized carbons (Fsp3) is 0.417. The first-order chi connectivity index (χ1) is 8.13. The fourth-order valence-electron chi connectivity index (χ4n) is 2.36. The molecule has 0 spiro atoms. The van der Waals surface area contributed by atoms with Crippen LogP contribution in [-0.2, 0) is 0 Å². The lowest BCUT2D eigenvalue weighted by molar-refractivity contribution is 0.0998. The molecule has 2 N–H and O–H groups in total. The van der Waals surface area contributed by atoms with Gasteiger partial charge in [-0.3, -0.25) is 4.90 Å². The maximum absolute atomic E-state index is 12.8. The monoisotopic (exact) mass is 239 g/mol. The van der Waals surface area contributed by atoms with Crippen molar-refractivity contribution in [3.63, 3.8) is 0 Å². The van der Waals surface area contributed by atoms with Crippen LogP contribution in [0.4, 0.5) is 9.18 Å². The molecule has 2 rings (SSSR count). The highest BCUT2D eigenvalue weighted by Gasteiger charge is 2.37. The summed E-state index contributed by atoms with van der Waals surface area (Å²) in [5.41, 5.74) is 0.768. The van der Waals surface area contributed by atoms with E-state index in [0.29, 0.717) is 12.8 Å². The van der Waals surface area contributed by atoms with Crippen LogP contribution < -0.4 is 0 Å². The van der Waals surface area contributed by atoms with Gasteiger partial charge >= 0.3 is 6.09 Å². The topological polar surface area (TPSA) is 60.8 Å². The molecular weight excluding hydrogens is 225 g/mol. The van der Waals surface area contributed by atoms with E-state index in [1.807, 2.05) is 0 Å². The zero-order valence-corrected chi connectivity index (χ0v) is 9.21. The van der Waals surface area contributed by atoms with E-state index in [1.54, 1.807) is 12.1 Å². The highest BCUT2D eigenvalue weighted by molar-refractivity contribution is 5.66. The summed E-state index contributed by atoms with van der Waals surface area (Å²) in [6.45, 7) is -0.177. The van der Waals surface area contributed by atoms with E-state index >= 15 is 0 Å². The van der Waals surface area contributed by atoms with Gasteiger partial charge in [-0.15, -0.1) is 0 Å². The van der Waals surface area contributed by atoms with Crippen LogP contribution in [0, 0.1) is 5.82 Å². The molecule has 92 valence electrons. The predicted octanol–water partition coefficient (Wildman–Crippen LogP) is 2.00. The summed E-state index contributed by atoms with van der Waals surface area (Å²) in [5.74, 6) is -0.340. The number of benzene rings is 1. The second-order valence-electron chi connectivity index (χ2n) is 4.17. The lowest BCUT2D eigenvalue weighted by Gasteiger charge is -2.26. The number of halogens is 1. The Bertz CT molecular complexity index is 407. The minimum atomic E-state index is -1.05. The molecule has 17 heavy (non-hydrogen) atoms. The normalized spacial score (nSPS) is 24.0. The first kappa shape index (κ1) is 11.9. The van der Waals surface area contributed by atoms with Crippen molar-refractivity contribution in [1.82, 2.24) is 4.90 Å². The number of carboxylic acid groups (broad SMARTS) is 1. The molecule has 1 aliphatic rings. The van der Waals surface area contributed by atoms with Gasteiger partial charge in [0.15, 0.2) is 0 Å². The molecule has 0 aliphatic carbocycles. The number of nitrogens with zero attached hydrogens (tertiary/aromatic N) is 1. The standard InChI is InChI=1S/C12H14FNO3/c13-9-3-1-8(2-4-9)11-6-5-10(7-15)14(11)12(16)17/h1-4,10-11,15H,5-7H2,(H,16,17)/t10-,11+/m1/s1. The smallest absolute Gasteiger partial charge is 0.408 e. The van der Waals surface area contributed by atoms with Crippen LogP contribution >= 0.6 is 0 Å². The van der Waals surface area contributed by atoms with Crippen molar-refractivity contribution >= 4 is 6.09 Å². The van der Waals surface area contributed by atoms with Crippen molar-refractivity contribution in [3.8, 4) is 0 Å². The van der Waals surface area contributed by atoms with Crippen LogP contribution in [0.2, 0.25) is 0 Å². The Labute approximate surface area is 98.3 Å². The van der Waals surface area contributed by atoms with Crippen molar-refractivity contribution in [1.29, 1.82) is 0 Å². The SMILES string of the molecule is O=C(O)N1[C@@H](CO)CC[C@H]1c1ccc(F)cc1. The average Bonchev–Trinajstić information content (AvgIpc) is 2.73. The van der Waals surface area contributed by atoms with Crippen molar-refractivity contribution < 1.29 is 19.4 Å². The first-order valence-electron chi connectivity index (χ1n) is 5.51. The molecule has 1 aromatic carbocycles. The summed E-state index contributed by atoms with van der Waals surface area (Å²) in [7, 11) is 0. The van der Waals surface area contributed by atoms with E-state index < -0.39 is 6.09 Å². The Hall–Kier alpha value is -1.62. The number of aliphatic hydroxyl groups is 1. The summed E-state index contributed by atoms with van der Waals surface area (Å²) in [5, 5.41) is 18.3. The lowest BCUT2D eigenvalue weighted by atomic mass is 10.0. The van der Waals surface area contributed by atoms with Gasteiger partial charge in [0.25, 0.3) is 0 Å². The molecule has 1 heterocycles. The van der Waals surface area contributed by atoms with Gasteiger partial charge in [-0.1, -0.05) is 12.1 Å². The third kappa shape index (κ3) is 2.24. The summed E-state index contributed by atoms with van der Waals surface area (Å²) in [6, 6.07) is 5.18. The molecule has 1 amide bonds. The quantitative estimate of drug-likeness (QED) is 0.829. The third-order valence-corrected chi connectivity index (χ3v) is 3.19. The molecule has 4 nitrogen and oxygen atoms in total. The number of carbonyl (C=O) groups is 1. The summed E-state index contributed by atoms with van der Waals surface area (Å²) < 4.78 is 12.8. The van der Waals surface area contributed by atoms with Gasteiger partial charge in [0, 0.05) is 0 Å². The van der Waals surface area contributed by atoms with Crippen LogP contribution in [0.15, 0.2) is 24.3 Å². The average molecular weight is 239 g/mol. The van der Waals surface area contributed by atoms with Crippen molar-refractivity contribution in [2.75, 3.05) is 6.61 Å². The Balaban J connectivity index is 2.26. The highest BCUT2D eigenvalue weighted by Crippen LogP contribution is 2.35. The second kappa shape index (κ2) is 4.71. The first-order valence-corrected chi connectivity index (χ1v) is 5.51. The maximum atomic E-state index is 12.8. The molecule has 0 saturated carbocycles. The van der Waals surface area contributed by atoms with Crippen molar-refractivity contribution in [3.05, 3.63) is 35.6 Å². The van der Waals surface area contributed by atoms with E-state index in [4.69, 9.17) is 10.2 Å². The van der Waals surface area contributed by atoms with Gasteiger partial charge in [-0.2, -0.15) is 0 Å². The van der Waals surface area contributed by atoms with Crippen LogP contribution in [-0.4, -0.2) is 33.9 Å². The minimum absolute atomic E-state index is 0.177. The number of aliphatic hydroxyl groups excluding tert-OH is 1.